The van der Waals surface area contributed by atoms with Crippen molar-refractivity contribution in [2.75, 3.05) is 13.1 Å². The Morgan fingerprint density at radius 3 is 2.12 bits per heavy atom. The number of hydrogen-bond acceptors (Lipinski definition) is 2. The largest absolute Gasteiger partial charge is 0.216 e. The molecule has 1 heterocycles. The van der Waals surface area contributed by atoms with Crippen LogP contribution in [0.1, 0.15) is 46.5 Å². The molecule has 2 rings (SSSR count). The second-order valence-corrected chi connectivity index (χ2v) is 8.52. The summed E-state index contributed by atoms with van der Waals surface area (Å²) in [5, 5.41) is -0.0637. The van der Waals surface area contributed by atoms with Crippen molar-refractivity contribution in [2.24, 2.45) is 11.3 Å². The van der Waals surface area contributed by atoms with Crippen LogP contribution in [0.4, 0.5) is 0 Å². The second-order valence-electron chi connectivity index (χ2n) is 6.31. The van der Waals surface area contributed by atoms with Crippen molar-refractivity contribution in [1.82, 2.24) is 4.31 Å². The monoisotopic (exact) mass is 245 g/mol. The molecule has 0 spiro atoms. The van der Waals surface area contributed by atoms with E-state index in [1.54, 1.807) is 4.31 Å². The fourth-order valence-corrected chi connectivity index (χ4v) is 4.64. The topological polar surface area (TPSA) is 37.4 Å². The lowest BCUT2D eigenvalue weighted by Gasteiger charge is -2.31. The van der Waals surface area contributed by atoms with Crippen LogP contribution in [0.5, 0.6) is 0 Å². The third kappa shape index (κ3) is 2.14. The van der Waals surface area contributed by atoms with E-state index in [0.717, 1.165) is 38.8 Å². The van der Waals surface area contributed by atoms with Crippen molar-refractivity contribution in [3.63, 3.8) is 0 Å². The van der Waals surface area contributed by atoms with E-state index in [1.165, 1.54) is 0 Å². The molecule has 0 aromatic carbocycles. The van der Waals surface area contributed by atoms with Crippen LogP contribution >= 0.6 is 0 Å². The summed E-state index contributed by atoms with van der Waals surface area (Å²) < 4.78 is 26.2. The van der Waals surface area contributed by atoms with E-state index in [0.29, 0.717) is 5.92 Å². The summed E-state index contributed by atoms with van der Waals surface area (Å²) in [7, 11) is -2.96. The molecule has 0 aromatic heterocycles. The molecular formula is C12H23NO2S. The zero-order chi connectivity index (χ0) is 12.0. The Bertz CT molecular complexity index is 352. The maximum atomic E-state index is 12.2. The van der Waals surface area contributed by atoms with Crippen molar-refractivity contribution in [3.05, 3.63) is 0 Å². The average Bonchev–Trinajstić information content (AvgIpc) is 2.44. The van der Waals surface area contributed by atoms with E-state index in [4.69, 9.17) is 0 Å². The third-order valence-electron chi connectivity index (χ3n) is 4.21. The molecule has 2 aliphatic rings. The second kappa shape index (κ2) is 3.98. The van der Waals surface area contributed by atoms with Crippen LogP contribution in [-0.4, -0.2) is 31.1 Å². The summed E-state index contributed by atoms with van der Waals surface area (Å²) >= 11 is 0. The molecular weight excluding hydrogens is 222 g/mol. The number of hydrogen-bond donors (Lipinski definition) is 0. The van der Waals surface area contributed by atoms with Gasteiger partial charge in [-0.1, -0.05) is 27.2 Å². The highest BCUT2D eigenvalue weighted by atomic mass is 32.2. The van der Waals surface area contributed by atoms with Crippen LogP contribution in [0.25, 0.3) is 0 Å². The Hall–Kier alpha value is -0.0900. The molecule has 0 N–H and O–H groups in total. The first-order valence-electron chi connectivity index (χ1n) is 6.31. The Morgan fingerprint density at radius 2 is 1.75 bits per heavy atom. The standard InChI is InChI=1S/C12H23NO2S/c1-12(2,3)10-7-8-13(9-10)16(14,15)11-5-4-6-11/h10-11H,4-9H2,1-3H3. The van der Waals surface area contributed by atoms with Crippen LogP contribution in [0.15, 0.2) is 0 Å². The van der Waals surface area contributed by atoms with Crippen LogP contribution < -0.4 is 0 Å². The molecule has 1 aliphatic heterocycles. The molecule has 1 saturated carbocycles. The third-order valence-corrected chi connectivity index (χ3v) is 6.57. The van der Waals surface area contributed by atoms with Crippen LogP contribution in [0.3, 0.4) is 0 Å². The van der Waals surface area contributed by atoms with E-state index in [-0.39, 0.29) is 10.7 Å². The molecule has 16 heavy (non-hydrogen) atoms. The lowest BCUT2D eigenvalue weighted by atomic mass is 9.80. The van der Waals surface area contributed by atoms with Gasteiger partial charge < -0.3 is 0 Å². The van der Waals surface area contributed by atoms with Gasteiger partial charge in [0.05, 0.1) is 5.25 Å². The summed E-state index contributed by atoms with van der Waals surface area (Å²) in [4.78, 5) is 0. The number of rotatable bonds is 2. The Balaban J connectivity index is 2.03. The molecule has 2 fully saturated rings. The average molecular weight is 245 g/mol. The van der Waals surface area contributed by atoms with Crippen molar-refractivity contribution in [3.8, 4) is 0 Å². The predicted molar refractivity (Wildman–Crippen MR) is 65.7 cm³/mol. The van der Waals surface area contributed by atoms with Crippen LogP contribution in [0, 0.1) is 11.3 Å². The summed E-state index contributed by atoms with van der Waals surface area (Å²) in [6.45, 7) is 8.09. The van der Waals surface area contributed by atoms with Crippen molar-refractivity contribution in [1.29, 1.82) is 0 Å². The summed E-state index contributed by atoms with van der Waals surface area (Å²) in [6, 6.07) is 0. The first-order valence-corrected chi connectivity index (χ1v) is 7.81. The van der Waals surface area contributed by atoms with Gasteiger partial charge in [0.2, 0.25) is 10.0 Å². The van der Waals surface area contributed by atoms with E-state index in [2.05, 4.69) is 20.8 Å². The Kier molecular flexibility index (Phi) is 3.08. The van der Waals surface area contributed by atoms with Gasteiger partial charge in [-0.05, 0) is 30.6 Å². The van der Waals surface area contributed by atoms with E-state index in [1.807, 2.05) is 0 Å². The fourth-order valence-electron chi connectivity index (χ4n) is 2.55. The molecule has 1 unspecified atom stereocenters. The lowest BCUT2D eigenvalue weighted by molar-refractivity contribution is 0.251. The zero-order valence-corrected chi connectivity index (χ0v) is 11.4. The minimum atomic E-state index is -2.96. The van der Waals surface area contributed by atoms with Crippen molar-refractivity contribution < 1.29 is 8.42 Å². The lowest BCUT2D eigenvalue weighted by Crippen LogP contribution is -2.41. The molecule has 1 aliphatic carbocycles. The van der Waals surface area contributed by atoms with Crippen LogP contribution in [0.2, 0.25) is 0 Å². The molecule has 94 valence electrons. The van der Waals surface area contributed by atoms with Crippen molar-refractivity contribution >= 4 is 10.0 Å². The smallest absolute Gasteiger partial charge is 0.212 e. The first-order chi connectivity index (χ1) is 7.32. The SMILES string of the molecule is CC(C)(C)C1CCN(S(=O)(=O)C2CCC2)C1. The molecule has 1 saturated heterocycles. The maximum Gasteiger partial charge on any atom is 0.216 e. The number of nitrogens with zero attached hydrogens (tertiary/aromatic N) is 1. The zero-order valence-electron chi connectivity index (χ0n) is 10.6. The highest BCUT2D eigenvalue weighted by Gasteiger charge is 2.41. The molecule has 0 radical (unpaired) electrons. The molecule has 3 nitrogen and oxygen atoms in total. The fraction of sp³-hybridized carbons (Fsp3) is 1.00. The van der Waals surface area contributed by atoms with Gasteiger partial charge >= 0.3 is 0 Å². The highest BCUT2D eigenvalue weighted by molar-refractivity contribution is 7.89. The summed E-state index contributed by atoms with van der Waals surface area (Å²) in [6.07, 6.45) is 3.86. The van der Waals surface area contributed by atoms with Crippen LogP contribution in [-0.2, 0) is 10.0 Å². The van der Waals surface area contributed by atoms with Gasteiger partial charge in [0, 0.05) is 13.1 Å². The van der Waals surface area contributed by atoms with Crippen molar-refractivity contribution in [2.45, 2.75) is 51.7 Å². The van der Waals surface area contributed by atoms with Gasteiger partial charge in [-0.15, -0.1) is 0 Å². The first kappa shape index (κ1) is 12.4. The normalized spacial score (nSPS) is 29.3. The maximum absolute atomic E-state index is 12.2. The summed E-state index contributed by atoms with van der Waals surface area (Å²) in [5.74, 6) is 0.516. The predicted octanol–water partition coefficient (Wildman–Crippen LogP) is 2.24. The minimum absolute atomic E-state index is 0.0637. The van der Waals surface area contributed by atoms with E-state index < -0.39 is 10.0 Å². The van der Waals surface area contributed by atoms with Gasteiger partial charge in [-0.2, -0.15) is 0 Å². The number of sulfonamides is 1. The van der Waals surface area contributed by atoms with E-state index >= 15 is 0 Å². The van der Waals surface area contributed by atoms with Gasteiger partial charge in [0.15, 0.2) is 0 Å². The Labute approximate surface area is 99.3 Å². The molecule has 0 bridgehead atoms. The van der Waals surface area contributed by atoms with E-state index in [9.17, 15) is 8.42 Å². The molecule has 4 heteroatoms. The minimum Gasteiger partial charge on any atom is -0.212 e. The molecule has 0 aromatic rings. The van der Waals surface area contributed by atoms with Gasteiger partial charge in [-0.25, -0.2) is 12.7 Å². The molecule has 0 amide bonds. The Morgan fingerprint density at radius 1 is 1.12 bits per heavy atom. The van der Waals surface area contributed by atoms with Gasteiger partial charge in [0.25, 0.3) is 0 Å². The van der Waals surface area contributed by atoms with Gasteiger partial charge in [0.1, 0.15) is 0 Å². The highest BCUT2D eigenvalue weighted by Crippen LogP contribution is 2.37. The quantitative estimate of drug-likeness (QED) is 0.748. The summed E-state index contributed by atoms with van der Waals surface area (Å²) in [5.41, 5.74) is 0.226. The van der Waals surface area contributed by atoms with Gasteiger partial charge in [-0.3, -0.25) is 0 Å². The molecule has 1 atom stereocenters.